The minimum Gasteiger partial charge on any atom is -0.378 e. The number of nitrogens with zero attached hydrogens (tertiary/aromatic N) is 5. The van der Waals surface area contributed by atoms with E-state index in [9.17, 15) is 13.6 Å². The van der Waals surface area contributed by atoms with Gasteiger partial charge in [0, 0.05) is 38.8 Å². The number of rotatable bonds is 6. The van der Waals surface area contributed by atoms with Gasteiger partial charge in [0.1, 0.15) is 11.6 Å². The van der Waals surface area contributed by atoms with Crippen LogP contribution in [0.3, 0.4) is 0 Å². The quantitative estimate of drug-likeness (QED) is 0.729. The fraction of sp³-hybridized carbons (Fsp3) is 0.368. The Morgan fingerprint density at radius 3 is 2.72 bits per heavy atom. The van der Waals surface area contributed by atoms with E-state index in [1.54, 1.807) is 4.90 Å². The molecule has 0 atom stereocenters. The van der Waals surface area contributed by atoms with Crippen LogP contribution in [0.4, 0.5) is 20.7 Å². The lowest BCUT2D eigenvalue weighted by Gasteiger charge is -2.27. The van der Waals surface area contributed by atoms with Crippen molar-refractivity contribution in [1.29, 1.82) is 0 Å². The van der Waals surface area contributed by atoms with Crippen LogP contribution >= 0.6 is 0 Å². The van der Waals surface area contributed by atoms with E-state index >= 15 is 0 Å². The lowest BCUT2D eigenvalue weighted by Crippen LogP contribution is -2.38. The number of ether oxygens (including phenoxy) is 1. The van der Waals surface area contributed by atoms with Crippen LogP contribution in [0, 0.1) is 11.6 Å². The highest BCUT2D eigenvalue weighted by atomic mass is 19.1. The summed E-state index contributed by atoms with van der Waals surface area (Å²) in [5.74, 6) is -0.281. The summed E-state index contributed by atoms with van der Waals surface area (Å²) in [4.78, 5) is 29.0. The molecule has 0 aliphatic carbocycles. The maximum absolute atomic E-state index is 13.6. The third-order valence-electron chi connectivity index (χ3n) is 4.15. The summed E-state index contributed by atoms with van der Waals surface area (Å²) in [5, 5.41) is 2.64. The van der Waals surface area contributed by atoms with Crippen LogP contribution in [0.15, 0.2) is 24.3 Å². The van der Waals surface area contributed by atoms with Crippen molar-refractivity contribution in [3.05, 3.63) is 47.3 Å². The summed E-state index contributed by atoms with van der Waals surface area (Å²) in [6.07, 6.45) is 2.35. The van der Waals surface area contributed by atoms with E-state index in [2.05, 4.69) is 20.3 Å². The number of anilines is 2. The van der Waals surface area contributed by atoms with Crippen molar-refractivity contribution in [3.63, 3.8) is 0 Å². The number of hydrogen-bond donors (Lipinski definition) is 1. The van der Waals surface area contributed by atoms with Gasteiger partial charge in [-0.25, -0.2) is 8.78 Å². The molecule has 1 aliphatic heterocycles. The van der Waals surface area contributed by atoms with E-state index in [4.69, 9.17) is 4.74 Å². The highest BCUT2D eigenvalue weighted by molar-refractivity contribution is 5.91. The van der Waals surface area contributed by atoms with Crippen molar-refractivity contribution in [1.82, 2.24) is 20.3 Å². The van der Waals surface area contributed by atoms with Crippen molar-refractivity contribution >= 4 is 23.9 Å². The first-order valence-corrected chi connectivity index (χ1v) is 9.08. The molecule has 1 aliphatic rings. The minimum absolute atomic E-state index is 0.00944. The topological polar surface area (TPSA) is 83.5 Å². The van der Waals surface area contributed by atoms with E-state index in [-0.39, 0.29) is 12.1 Å². The first-order chi connectivity index (χ1) is 13.9. The molecule has 1 N–H and O–H groups in total. The number of halogens is 2. The second-order valence-electron chi connectivity index (χ2n) is 6.56. The Morgan fingerprint density at radius 2 is 2.00 bits per heavy atom. The highest BCUT2D eigenvalue weighted by Gasteiger charge is 2.17. The second-order valence-corrected chi connectivity index (χ2v) is 6.56. The number of carbonyl (C=O) groups is 1. The normalized spacial score (nSPS) is 14.3. The van der Waals surface area contributed by atoms with Gasteiger partial charge in [-0.05, 0) is 24.3 Å². The number of hydrogen-bond acceptors (Lipinski definition) is 7. The zero-order valence-electron chi connectivity index (χ0n) is 16.2. The Hall–Kier alpha value is -3.14. The molecule has 29 heavy (non-hydrogen) atoms. The summed E-state index contributed by atoms with van der Waals surface area (Å²) < 4.78 is 32.2. The number of amides is 1. The van der Waals surface area contributed by atoms with E-state index in [0.717, 1.165) is 24.3 Å². The van der Waals surface area contributed by atoms with Gasteiger partial charge in [-0.15, -0.1) is 0 Å². The van der Waals surface area contributed by atoms with E-state index in [1.807, 2.05) is 19.0 Å². The van der Waals surface area contributed by atoms with Gasteiger partial charge < -0.3 is 19.9 Å². The molecule has 1 saturated heterocycles. The Kier molecular flexibility index (Phi) is 6.65. The third-order valence-corrected chi connectivity index (χ3v) is 4.15. The number of nitrogens with one attached hydrogen (secondary N) is 1. The van der Waals surface area contributed by atoms with E-state index < -0.39 is 17.5 Å². The van der Waals surface area contributed by atoms with Gasteiger partial charge in [-0.2, -0.15) is 15.0 Å². The van der Waals surface area contributed by atoms with Crippen molar-refractivity contribution < 1.29 is 18.3 Å². The van der Waals surface area contributed by atoms with Crippen LogP contribution in [0.25, 0.3) is 6.08 Å². The van der Waals surface area contributed by atoms with Gasteiger partial charge in [-0.3, -0.25) is 4.79 Å². The van der Waals surface area contributed by atoms with Crippen LogP contribution in [-0.4, -0.2) is 61.3 Å². The monoisotopic (exact) mass is 404 g/mol. The average Bonchev–Trinajstić information content (AvgIpc) is 2.73. The summed E-state index contributed by atoms with van der Waals surface area (Å²) in [7, 11) is 3.63. The zero-order valence-corrected chi connectivity index (χ0v) is 16.2. The van der Waals surface area contributed by atoms with E-state index in [0.29, 0.717) is 44.0 Å². The van der Waals surface area contributed by atoms with Crippen molar-refractivity contribution in [2.24, 2.45) is 0 Å². The Morgan fingerprint density at radius 1 is 1.24 bits per heavy atom. The molecular formula is C19H22F2N6O2. The van der Waals surface area contributed by atoms with Crippen LogP contribution in [0.2, 0.25) is 0 Å². The molecule has 0 spiro atoms. The lowest BCUT2D eigenvalue weighted by molar-refractivity contribution is -0.116. The fourth-order valence-electron chi connectivity index (χ4n) is 2.61. The molecule has 0 bridgehead atoms. The molecule has 3 rings (SSSR count). The maximum Gasteiger partial charge on any atom is 0.244 e. The Labute approximate surface area is 167 Å². The molecule has 2 aromatic rings. The first kappa shape index (κ1) is 20.6. The fourth-order valence-corrected chi connectivity index (χ4v) is 2.61. The molecular weight excluding hydrogens is 382 g/mol. The number of morpholine rings is 1. The molecule has 2 heterocycles. The SMILES string of the molecule is CN(C)c1nc(CNC(=O)/C=C/c2cc(F)ccc2F)nc(N2CCOCC2)n1. The summed E-state index contributed by atoms with van der Waals surface area (Å²) >= 11 is 0. The number of carbonyl (C=O) groups excluding carboxylic acids is 1. The first-order valence-electron chi connectivity index (χ1n) is 9.08. The molecule has 8 nitrogen and oxygen atoms in total. The molecule has 0 unspecified atom stereocenters. The van der Waals surface area contributed by atoms with Crippen LogP contribution in [0.5, 0.6) is 0 Å². The van der Waals surface area contributed by atoms with Crippen molar-refractivity contribution in [3.8, 4) is 0 Å². The molecule has 1 aromatic heterocycles. The third kappa shape index (κ3) is 5.67. The summed E-state index contributed by atoms with van der Waals surface area (Å²) in [6.45, 7) is 2.59. The van der Waals surface area contributed by atoms with Gasteiger partial charge in [0.25, 0.3) is 0 Å². The van der Waals surface area contributed by atoms with Crippen LogP contribution < -0.4 is 15.1 Å². The maximum atomic E-state index is 13.6. The predicted octanol–water partition coefficient (Wildman–Crippen LogP) is 1.38. The van der Waals surface area contributed by atoms with Crippen molar-refractivity contribution in [2.75, 3.05) is 50.2 Å². The predicted molar refractivity (Wildman–Crippen MR) is 104 cm³/mol. The van der Waals surface area contributed by atoms with Gasteiger partial charge in [-0.1, -0.05) is 0 Å². The lowest BCUT2D eigenvalue weighted by atomic mass is 10.2. The molecule has 0 radical (unpaired) electrons. The number of aromatic nitrogens is 3. The summed E-state index contributed by atoms with van der Waals surface area (Å²) in [6, 6.07) is 3.04. The minimum atomic E-state index is -0.612. The van der Waals surface area contributed by atoms with Gasteiger partial charge in [0.15, 0.2) is 5.82 Å². The average molecular weight is 404 g/mol. The van der Waals surface area contributed by atoms with Gasteiger partial charge >= 0.3 is 0 Å². The molecule has 1 aromatic carbocycles. The van der Waals surface area contributed by atoms with Gasteiger partial charge in [0.2, 0.25) is 17.8 Å². The molecule has 154 valence electrons. The number of benzene rings is 1. The molecule has 1 fully saturated rings. The largest absolute Gasteiger partial charge is 0.378 e. The standard InChI is InChI=1S/C19H22F2N6O2/c1-26(2)18-23-16(24-19(25-18)27-7-9-29-10-8-27)12-22-17(28)6-3-13-11-14(20)4-5-15(13)21/h3-6,11H,7-10,12H2,1-2H3,(H,22,28)/b6-3+. The Balaban J connectivity index is 1.68. The van der Waals surface area contributed by atoms with Crippen LogP contribution in [-0.2, 0) is 16.1 Å². The van der Waals surface area contributed by atoms with Crippen LogP contribution in [0.1, 0.15) is 11.4 Å². The summed E-state index contributed by atoms with van der Waals surface area (Å²) in [5.41, 5.74) is -0.00944. The molecule has 1 amide bonds. The zero-order chi connectivity index (χ0) is 20.8. The smallest absolute Gasteiger partial charge is 0.244 e. The molecule has 0 saturated carbocycles. The Bertz CT molecular complexity index is 900. The van der Waals surface area contributed by atoms with E-state index in [1.165, 1.54) is 6.08 Å². The second kappa shape index (κ2) is 9.37. The molecule has 10 heteroatoms. The highest BCUT2D eigenvalue weighted by Crippen LogP contribution is 2.14. The van der Waals surface area contributed by atoms with Crippen molar-refractivity contribution in [2.45, 2.75) is 6.54 Å². The van der Waals surface area contributed by atoms with Gasteiger partial charge in [0.05, 0.1) is 19.8 Å².